The summed E-state index contributed by atoms with van der Waals surface area (Å²) < 4.78 is 25.3. The highest BCUT2D eigenvalue weighted by Gasteiger charge is 2.43. The fourth-order valence-corrected chi connectivity index (χ4v) is 3.88. The van der Waals surface area contributed by atoms with E-state index in [9.17, 15) is 13.2 Å². The van der Waals surface area contributed by atoms with E-state index < -0.39 is 15.6 Å². The van der Waals surface area contributed by atoms with Crippen molar-refractivity contribution in [3.05, 3.63) is 0 Å². The minimum absolute atomic E-state index is 0.00674. The van der Waals surface area contributed by atoms with Gasteiger partial charge in [-0.25, -0.2) is 8.42 Å². The molecule has 0 spiro atoms. The first-order chi connectivity index (χ1) is 7.32. The zero-order chi connectivity index (χ0) is 12.4. The van der Waals surface area contributed by atoms with Crippen LogP contribution in [0.15, 0.2) is 0 Å². The van der Waals surface area contributed by atoms with Crippen LogP contribution in [0.5, 0.6) is 0 Å². The summed E-state index contributed by atoms with van der Waals surface area (Å²) in [6, 6.07) is 0. The maximum atomic E-state index is 12.0. The molecule has 1 N–H and O–H groups in total. The second kappa shape index (κ2) is 4.89. The predicted octanol–water partition coefficient (Wildman–Crippen LogP) is 0.155. The largest absolute Gasteiger partial charge is 0.353 e. The molecule has 1 saturated heterocycles. The number of alkyl halides is 1. The number of rotatable bonds is 4. The van der Waals surface area contributed by atoms with Gasteiger partial charge in [0.25, 0.3) is 0 Å². The Morgan fingerprint density at radius 3 is 2.69 bits per heavy atom. The number of nitrogens with one attached hydrogen (secondary N) is 1. The molecule has 1 rings (SSSR count). The van der Waals surface area contributed by atoms with Gasteiger partial charge in [0.15, 0.2) is 0 Å². The molecule has 0 aliphatic carbocycles. The van der Waals surface area contributed by atoms with E-state index in [1.807, 2.05) is 0 Å². The van der Waals surface area contributed by atoms with Gasteiger partial charge in [-0.1, -0.05) is 0 Å². The van der Waals surface area contributed by atoms with E-state index in [0.717, 1.165) is 0 Å². The first-order valence-electron chi connectivity index (χ1n) is 5.17. The maximum Gasteiger partial charge on any atom is 0.241 e. The Bertz CT molecular complexity index is 367. The Kier molecular flexibility index (Phi) is 4.20. The van der Waals surface area contributed by atoms with Gasteiger partial charge in [0.1, 0.15) is 5.54 Å². The fourth-order valence-electron chi connectivity index (χ4n) is 1.71. The predicted molar refractivity (Wildman–Crippen MR) is 62.9 cm³/mol. The van der Waals surface area contributed by atoms with E-state index in [0.29, 0.717) is 25.4 Å². The number of sulfonamides is 1. The summed E-state index contributed by atoms with van der Waals surface area (Å²) in [4.78, 5) is 11.6. The first-order valence-corrected chi connectivity index (χ1v) is 7.31. The average molecular weight is 269 g/mol. The number of hydrogen-bond acceptors (Lipinski definition) is 3. The summed E-state index contributed by atoms with van der Waals surface area (Å²) in [6.45, 7) is 3.91. The first kappa shape index (κ1) is 13.7. The Hall–Kier alpha value is -0.330. The molecule has 5 nitrogen and oxygen atoms in total. The van der Waals surface area contributed by atoms with Crippen LogP contribution in [-0.4, -0.2) is 48.9 Å². The van der Waals surface area contributed by atoms with Crippen LogP contribution >= 0.6 is 11.6 Å². The lowest BCUT2D eigenvalue weighted by Crippen LogP contribution is -2.63. The number of nitrogens with zero attached hydrogens (tertiary/aromatic N) is 1. The molecule has 1 amide bonds. The number of piperazine rings is 1. The summed E-state index contributed by atoms with van der Waals surface area (Å²) >= 11 is 5.48. The minimum atomic E-state index is -3.40. The lowest BCUT2D eigenvalue weighted by molar-refractivity contribution is -0.131. The van der Waals surface area contributed by atoms with Crippen LogP contribution in [0.3, 0.4) is 0 Å². The molecule has 0 aromatic carbocycles. The zero-order valence-electron chi connectivity index (χ0n) is 9.49. The van der Waals surface area contributed by atoms with Crippen molar-refractivity contribution in [1.29, 1.82) is 0 Å². The average Bonchev–Trinajstić information content (AvgIpc) is 2.19. The molecule has 1 heterocycles. The summed E-state index contributed by atoms with van der Waals surface area (Å²) in [5.41, 5.74) is -1.01. The molecular weight excluding hydrogens is 252 g/mol. The molecule has 1 fully saturated rings. The van der Waals surface area contributed by atoms with E-state index in [1.54, 1.807) is 13.8 Å². The highest BCUT2D eigenvalue weighted by Crippen LogP contribution is 2.22. The van der Waals surface area contributed by atoms with Crippen LogP contribution < -0.4 is 5.32 Å². The van der Waals surface area contributed by atoms with Crippen LogP contribution in [0.25, 0.3) is 0 Å². The van der Waals surface area contributed by atoms with Crippen LogP contribution in [0, 0.1) is 0 Å². The second-order valence-electron chi connectivity index (χ2n) is 4.25. The van der Waals surface area contributed by atoms with Gasteiger partial charge in [-0.3, -0.25) is 4.79 Å². The van der Waals surface area contributed by atoms with Gasteiger partial charge >= 0.3 is 0 Å². The van der Waals surface area contributed by atoms with Crippen molar-refractivity contribution < 1.29 is 13.2 Å². The molecule has 94 valence electrons. The number of carbonyl (C=O) groups excluding carboxylic acids is 1. The van der Waals surface area contributed by atoms with Gasteiger partial charge < -0.3 is 5.32 Å². The quantitative estimate of drug-likeness (QED) is 0.739. The fraction of sp³-hybridized carbons (Fsp3) is 0.889. The molecule has 0 atom stereocenters. The highest BCUT2D eigenvalue weighted by atomic mass is 35.5. The molecule has 0 radical (unpaired) electrons. The molecule has 0 saturated carbocycles. The van der Waals surface area contributed by atoms with Gasteiger partial charge in [0.05, 0.1) is 5.75 Å². The van der Waals surface area contributed by atoms with Crippen molar-refractivity contribution in [3.63, 3.8) is 0 Å². The van der Waals surface area contributed by atoms with Crippen molar-refractivity contribution in [3.8, 4) is 0 Å². The van der Waals surface area contributed by atoms with E-state index in [2.05, 4.69) is 5.32 Å². The van der Waals surface area contributed by atoms with Gasteiger partial charge in [-0.05, 0) is 20.3 Å². The third-order valence-electron chi connectivity index (χ3n) is 2.65. The SMILES string of the molecule is CC1(C)C(=O)NCCN1S(=O)(=O)CCCCl. The Balaban J connectivity index is 2.89. The minimum Gasteiger partial charge on any atom is -0.353 e. The van der Waals surface area contributed by atoms with Crippen molar-refractivity contribution in [2.24, 2.45) is 0 Å². The number of hydrogen-bond donors (Lipinski definition) is 1. The summed E-state index contributed by atoms with van der Waals surface area (Å²) in [5.74, 6) is 0.0422. The molecule has 1 aliphatic rings. The number of carbonyl (C=O) groups is 1. The van der Waals surface area contributed by atoms with Crippen molar-refractivity contribution in [2.45, 2.75) is 25.8 Å². The van der Waals surface area contributed by atoms with Gasteiger partial charge in [-0.2, -0.15) is 4.31 Å². The summed E-state index contributed by atoms with van der Waals surface area (Å²) in [6.07, 6.45) is 0.401. The van der Waals surface area contributed by atoms with Crippen LogP contribution in [0.1, 0.15) is 20.3 Å². The zero-order valence-corrected chi connectivity index (χ0v) is 11.1. The number of amides is 1. The van der Waals surface area contributed by atoms with E-state index in [-0.39, 0.29) is 11.7 Å². The lowest BCUT2D eigenvalue weighted by atomic mass is 10.0. The van der Waals surface area contributed by atoms with E-state index in [4.69, 9.17) is 11.6 Å². The van der Waals surface area contributed by atoms with Crippen LogP contribution in [-0.2, 0) is 14.8 Å². The topological polar surface area (TPSA) is 66.5 Å². The molecule has 0 aromatic heterocycles. The molecule has 0 bridgehead atoms. The molecule has 16 heavy (non-hydrogen) atoms. The Morgan fingerprint density at radius 1 is 1.50 bits per heavy atom. The Labute approximate surface area is 101 Å². The molecule has 7 heteroatoms. The van der Waals surface area contributed by atoms with Gasteiger partial charge in [0.2, 0.25) is 15.9 Å². The van der Waals surface area contributed by atoms with Crippen molar-refractivity contribution in [2.75, 3.05) is 24.7 Å². The van der Waals surface area contributed by atoms with Crippen LogP contribution in [0.4, 0.5) is 0 Å². The molecule has 1 aliphatic heterocycles. The monoisotopic (exact) mass is 268 g/mol. The molecule has 0 unspecified atom stereocenters. The maximum absolute atomic E-state index is 12.0. The lowest BCUT2D eigenvalue weighted by Gasteiger charge is -2.39. The molecular formula is C9H17ClN2O3S. The van der Waals surface area contributed by atoms with Crippen LogP contribution in [0.2, 0.25) is 0 Å². The summed E-state index contributed by atoms with van der Waals surface area (Å²) in [5, 5.41) is 2.66. The van der Waals surface area contributed by atoms with Crippen molar-refractivity contribution in [1.82, 2.24) is 9.62 Å². The highest BCUT2D eigenvalue weighted by molar-refractivity contribution is 7.89. The normalized spacial score (nSPS) is 21.8. The van der Waals surface area contributed by atoms with Gasteiger partial charge in [-0.15, -0.1) is 11.6 Å². The Morgan fingerprint density at radius 2 is 2.12 bits per heavy atom. The smallest absolute Gasteiger partial charge is 0.241 e. The second-order valence-corrected chi connectivity index (χ2v) is 6.64. The number of halogens is 1. The van der Waals surface area contributed by atoms with Crippen molar-refractivity contribution >= 4 is 27.5 Å². The third kappa shape index (κ3) is 2.67. The van der Waals surface area contributed by atoms with E-state index >= 15 is 0 Å². The summed E-state index contributed by atoms with van der Waals surface area (Å²) in [7, 11) is -3.40. The third-order valence-corrected chi connectivity index (χ3v) is 5.03. The van der Waals surface area contributed by atoms with E-state index in [1.165, 1.54) is 4.31 Å². The van der Waals surface area contributed by atoms with Gasteiger partial charge in [0, 0.05) is 19.0 Å². The standard InChI is InChI=1S/C9H17ClN2O3S/c1-9(2)8(13)11-5-6-12(9)16(14,15)7-3-4-10/h3-7H2,1-2H3,(H,11,13). The molecule has 0 aromatic rings.